The van der Waals surface area contributed by atoms with Crippen LogP contribution in [0, 0.1) is 0 Å². The van der Waals surface area contributed by atoms with Gasteiger partial charge in [-0.1, -0.05) is 32.8 Å². The number of amides is 1. The number of ether oxygens (including phenoxy) is 3. The number of unbranched alkanes of at least 4 members (excludes halogenated alkanes) is 2. The van der Waals surface area contributed by atoms with Gasteiger partial charge in [0.1, 0.15) is 11.5 Å². The first-order valence-electron chi connectivity index (χ1n) is 13.3. The molecule has 0 saturated carbocycles. The van der Waals surface area contributed by atoms with Gasteiger partial charge in [-0.15, -0.1) is 0 Å². The molecule has 1 aliphatic heterocycles. The Balaban J connectivity index is 2.03. The zero-order valence-corrected chi connectivity index (χ0v) is 23.2. The fraction of sp³-hybridized carbons (Fsp3) is 0.467. The number of hydrogen-bond acceptors (Lipinski definition) is 7. The number of Topliss-reactive ketones (excluding diaryl/α,β-unsaturated/α-hetero) is 1. The van der Waals surface area contributed by atoms with Crippen LogP contribution in [0.15, 0.2) is 48.0 Å². The van der Waals surface area contributed by atoms with Crippen molar-refractivity contribution in [3.05, 3.63) is 59.2 Å². The highest BCUT2D eigenvalue weighted by Gasteiger charge is 2.46. The van der Waals surface area contributed by atoms with E-state index in [9.17, 15) is 14.7 Å². The van der Waals surface area contributed by atoms with Gasteiger partial charge in [0.2, 0.25) is 0 Å². The summed E-state index contributed by atoms with van der Waals surface area (Å²) in [5.41, 5.74) is 1.15. The molecule has 0 radical (unpaired) electrons. The Morgan fingerprint density at radius 1 is 0.947 bits per heavy atom. The first-order chi connectivity index (χ1) is 18.3. The van der Waals surface area contributed by atoms with Crippen LogP contribution in [0.3, 0.4) is 0 Å². The first kappa shape index (κ1) is 29.0. The fourth-order valence-electron chi connectivity index (χ4n) is 4.36. The monoisotopic (exact) mass is 524 g/mol. The highest BCUT2D eigenvalue weighted by molar-refractivity contribution is 6.46. The minimum atomic E-state index is -0.769. The van der Waals surface area contributed by atoms with E-state index >= 15 is 0 Å². The number of carbonyl (C=O) groups is 2. The van der Waals surface area contributed by atoms with Gasteiger partial charge in [-0.05, 0) is 68.9 Å². The van der Waals surface area contributed by atoms with Crippen LogP contribution in [0.1, 0.15) is 56.7 Å². The summed E-state index contributed by atoms with van der Waals surface area (Å²) in [6, 6.07) is 11.5. The van der Waals surface area contributed by atoms with Gasteiger partial charge < -0.3 is 29.1 Å². The van der Waals surface area contributed by atoms with Gasteiger partial charge in [0.05, 0.1) is 31.9 Å². The number of benzene rings is 2. The number of hydrogen-bond donors (Lipinski definition) is 1. The molecule has 0 bridgehead atoms. The molecule has 38 heavy (non-hydrogen) atoms. The maximum Gasteiger partial charge on any atom is 0.295 e. The Hall–Kier alpha value is -3.52. The van der Waals surface area contributed by atoms with Gasteiger partial charge in [-0.2, -0.15) is 0 Å². The molecule has 1 N–H and O–H groups in total. The summed E-state index contributed by atoms with van der Waals surface area (Å²) in [7, 11) is 5.37. The van der Waals surface area contributed by atoms with Crippen LogP contribution in [0.2, 0.25) is 0 Å². The Kier molecular flexibility index (Phi) is 10.6. The first-order valence-corrected chi connectivity index (χ1v) is 13.3. The number of methoxy groups -OCH3 is 1. The molecule has 1 heterocycles. The Labute approximate surface area is 225 Å². The number of ketones is 1. The van der Waals surface area contributed by atoms with Crippen molar-refractivity contribution in [3.63, 3.8) is 0 Å². The molecule has 3 rings (SSSR count). The maximum atomic E-state index is 13.3. The van der Waals surface area contributed by atoms with Gasteiger partial charge in [-0.25, -0.2) is 0 Å². The zero-order chi connectivity index (χ0) is 27.7. The summed E-state index contributed by atoms with van der Waals surface area (Å²) in [6.07, 6.45) is 4.00. The van der Waals surface area contributed by atoms with Crippen LogP contribution in [-0.4, -0.2) is 74.1 Å². The maximum absolute atomic E-state index is 13.3. The molecule has 1 fully saturated rings. The Morgan fingerprint density at radius 3 is 2.32 bits per heavy atom. The molecule has 2 aromatic rings. The summed E-state index contributed by atoms with van der Waals surface area (Å²) < 4.78 is 17.1. The molecule has 0 aromatic heterocycles. The van der Waals surface area contributed by atoms with Gasteiger partial charge in [0.25, 0.3) is 11.7 Å². The van der Waals surface area contributed by atoms with Crippen molar-refractivity contribution in [2.45, 2.75) is 45.6 Å². The van der Waals surface area contributed by atoms with Gasteiger partial charge >= 0.3 is 0 Å². The van der Waals surface area contributed by atoms with Crippen LogP contribution >= 0.6 is 0 Å². The zero-order valence-electron chi connectivity index (χ0n) is 23.2. The average molecular weight is 525 g/mol. The van der Waals surface area contributed by atoms with Gasteiger partial charge in [0.15, 0.2) is 11.5 Å². The number of rotatable bonds is 14. The number of aliphatic hydroxyl groups is 1. The minimum Gasteiger partial charge on any atom is -0.507 e. The second kappa shape index (κ2) is 13.9. The molecular weight excluding hydrogens is 484 g/mol. The highest BCUT2D eigenvalue weighted by Crippen LogP contribution is 2.42. The van der Waals surface area contributed by atoms with E-state index in [2.05, 4.69) is 6.92 Å². The van der Waals surface area contributed by atoms with E-state index < -0.39 is 17.7 Å². The third-order valence-corrected chi connectivity index (χ3v) is 6.44. The number of carbonyl (C=O) groups excluding carboxylic acids is 2. The third kappa shape index (κ3) is 6.86. The summed E-state index contributed by atoms with van der Waals surface area (Å²) in [4.78, 5) is 30.0. The van der Waals surface area contributed by atoms with E-state index in [-0.39, 0.29) is 11.3 Å². The summed E-state index contributed by atoms with van der Waals surface area (Å²) in [5, 5.41) is 11.4. The van der Waals surface area contributed by atoms with Gasteiger partial charge in [0, 0.05) is 18.7 Å². The molecule has 0 aliphatic carbocycles. The second-order valence-electron chi connectivity index (χ2n) is 9.63. The number of likely N-dealkylation sites (tertiary alicyclic amines) is 1. The van der Waals surface area contributed by atoms with E-state index in [0.29, 0.717) is 54.7 Å². The standard InChI is InChI=1S/C30H40N2O6/c1-6-8-9-19-37-23-13-10-21(11-14-23)28(33)26-27(32(17-16-31(3)4)30(35)29(26)34)22-12-15-24(36-5)25(20-22)38-18-7-2/h10-15,20,27,33H,6-9,16-19H2,1-5H3/b28-26-. The molecule has 1 unspecified atom stereocenters. The van der Waals surface area contributed by atoms with Crippen molar-refractivity contribution in [1.82, 2.24) is 9.80 Å². The van der Waals surface area contributed by atoms with Crippen LogP contribution in [-0.2, 0) is 9.59 Å². The summed E-state index contributed by atoms with van der Waals surface area (Å²) in [5.74, 6) is 0.203. The lowest BCUT2D eigenvalue weighted by atomic mass is 9.95. The predicted molar refractivity (Wildman–Crippen MR) is 148 cm³/mol. The quantitative estimate of drug-likeness (QED) is 0.160. The lowest BCUT2D eigenvalue weighted by Gasteiger charge is -2.27. The molecule has 1 atom stereocenters. The Morgan fingerprint density at radius 2 is 1.68 bits per heavy atom. The largest absolute Gasteiger partial charge is 0.507 e. The van der Waals surface area contributed by atoms with Crippen molar-refractivity contribution < 1.29 is 28.9 Å². The lowest BCUT2D eigenvalue weighted by molar-refractivity contribution is -0.140. The van der Waals surface area contributed by atoms with Crippen molar-refractivity contribution >= 4 is 17.4 Å². The van der Waals surface area contributed by atoms with Crippen LogP contribution < -0.4 is 14.2 Å². The van der Waals surface area contributed by atoms with Crippen molar-refractivity contribution in [3.8, 4) is 17.2 Å². The Bertz CT molecular complexity index is 1130. The topological polar surface area (TPSA) is 88.5 Å². The molecule has 0 spiro atoms. The van der Waals surface area contributed by atoms with E-state index in [1.165, 1.54) is 4.90 Å². The molecule has 1 amide bonds. The van der Waals surface area contributed by atoms with Crippen molar-refractivity contribution in [1.29, 1.82) is 0 Å². The van der Waals surface area contributed by atoms with Crippen LogP contribution in [0.25, 0.3) is 5.76 Å². The predicted octanol–water partition coefficient (Wildman–Crippen LogP) is 5.04. The molecule has 8 nitrogen and oxygen atoms in total. The second-order valence-corrected chi connectivity index (χ2v) is 9.63. The minimum absolute atomic E-state index is 0.0528. The average Bonchev–Trinajstić information content (AvgIpc) is 3.17. The molecule has 206 valence electrons. The number of likely N-dealkylation sites (N-methyl/N-ethyl adjacent to an activating group) is 1. The molecular formula is C30H40N2O6. The number of nitrogens with zero attached hydrogens (tertiary/aromatic N) is 2. The van der Waals surface area contributed by atoms with E-state index in [0.717, 1.165) is 25.7 Å². The third-order valence-electron chi connectivity index (χ3n) is 6.44. The lowest BCUT2D eigenvalue weighted by Crippen LogP contribution is -2.35. The number of aliphatic hydroxyl groups excluding tert-OH is 1. The highest BCUT2D eigenvalue weighted by atomic mass is 16.5. The molecule has 1 saturated heterocycles. The summed E-state index contributed by atoms with van der Waals surface area (Å²) in [6.45, 7) is 6.14. The smallest absolute Gasteiger partial charge is 0.295 e. The van der Waals surface area contributed by atoms with Crippen molar-refractivity contribution in [2.75, 3.05) is 47.5 Å². The SMILES string of the molecule is CCCCCOc1ccc(/C(O)=C2/C(=O)C(=O)N(CCN(C)C)C2c2ccc(OC)c(OCCC)c2)cc1. The summed E-state index contributed by atoms with van der Waals surface area (Å²) >= 11 is 0. The van der Waals surface area contributed by atoms with E-state index in [4.69, 9.17) is 14.2 Å². The molecule has 2 aromatic carbocycles. The van der Waals surface area contributed by atoms with Crippen LogP contribution in [0.4, 0.5) is 0 Å². The van der Waals surface area contributed by atoms with Gasteiger partial charge in [-0.3, -0.25) is 9.59 Å². The fourth-order valence-corrected chi connectivity index (χ4v) is 4.36. The molecule has 1 aliphatic rings. The molecule has 8 heteroatoms. The van der Waals surface area contributed by atoms with E-state index in [1.54, 1.807) is 49.6 Å². The van der Waals surface area contributed by atoms with E-state index in [1.807, 2.05) is 25.9 Å². The van der Waals surface area contributed by atoms with Crippen molar-refractivity contribution in [2.24, 2.45) is 0 Å². The van der Waals surface area contributed by atoms with Crippen LogP contribution in [0.5, 0.6) is 17.2 Å². The normalized spacial score (nSPS) is 16.8.